The van der Waals surface area contributed by atoms with Gasteiger partial charge in [0.25, 0.3) is 0 Å². The normalized spacial score (nSPS) is 35.4. The molecule has 0 bridgehead atoms. The van der Waals surface area contributed by atoms with Crippen molar-refractivity contribution in [3.8, 4) is 0 Å². The largest absolute Gasteiger partial charge is 0.311 e. The highest BCUT2D eigenvalue weighted by Gasteiger charge is 2.49. The zero-order valence-corrected chi connectivity index (χ0v) is 13.3. The van der Waals surface area contributed by atoms with E-state index in [0.717, 1.165) is 17.9 Å². The van der Waals surface area contributed by atoms with E-state index in [0.29, 0.717) is 5.54 Å². The number of nitrogens with zero attached hydrogens (tertiary/aromatic N) is 1. The molecule has 0 spiro atoms. The predicted octanol–water partition coefficient (Wildman–Crippen LogP) is 3.14. The first-order chi connectivity index (χ1) is 9.75. The van der Waals surface area contributed by atoms with E-state index >= 15 is 0 Å². The van der Waals surface area contributed by atoms with Crippen molar-refractivity contribution >= 4 is 11.3 Å². The number of rotatable bonds is 5. The number of nitrogens with one attached hydrogen (secondary N) is 1. The molecular weight excluding hydrogens is 264 g/mol. The average Bonchev–Trinajstić information content (AvgIpc) is 3.36. The first-order valence-electron chi connectivity index (χ1n) is 8.25. The van der Waals surface area contributed by atoms with E-state index in [1.807, 2.05) is 11.3 Å². The van der Waals surface area contributed by atoms with E-state index in [9.17, 15) is 0 Å². The second-order valence-corrected chi connectivity index (χ2v) is 8.06. The summed E-state index contributed by atoms with van der Waals surface area (Å²) in [6.07, 6.45) is 7.03. The quantitative estimate of drug-likeness (QED) is 0.896. The summed E-state index contributed by atoms with van der Waals surface area (Å²) in [5.41, 5.74) is 1.94. The maximum atomic E-state index is 3.88. The van der Waals surface area contributed by atoms with Gasteiger partial charge in [0.05, 0.1) is 0 Å². The molecule has 1 N–H and O–H groups in total. The lowest BCUT2D eigenvalue weighted by Gasteiger charge is -2.49. The molecule has 2 aliphatic carbocycles. The third kappa shape index (κ3) is 2.56. The molecule has 20 heavy (non-hydrogen) atoms. The number of hydrogen-bond acceptors (Lipinski definition) is 3. The lowest BCUT2D eigenvalue weighted by molar-refractivity contribution is 0.0315. The van der Waals surface area contributed by atoms with Gasteiger partial charge in [-0.2, -0.15) is 11.3 Å². The van der Waals surface area contributed by atoms with E-state index in [2.05, 4.69) is 34.0 Å². The summed E-state index contributed by atoms with van der Waals surface area (Å²) in [5, 5.41) is 8.40. The monoisotopic (exact) mass is 290 g/mol. The average molecular weight is 290 g/mol. The molecule has 0 radical (unpaired) electrons. The van der Waals surface area contributed by atoms with Crippen molar-refractivity contribution in [1.82, 2.24) is 10.2 Å². The van der Waals surface area contributed by atoms with Crippen LogP contribution in [0.25, 0.3) is 0 Å². The fourth-order valence-electron chi connectivity index (χ4n) is 3.93. The zero-order valence-electron chi connectivity index (χ0n) is 12.5. The minimum absolute atomic E-state index is 0.418. The predicted molar refractivity (Wildman–Crippen MR) is 85.2 cm³/mol. The maximum absolute atomic E-state index is 3.88. The molecule has 2 nitrogen and oxygen atoms in total. The van der Waals surface area contributed by atoms with E-state index in [1.54, 1.807) is 0 Å². The van der Waals surface area contributed by atoms with Gasteiger partial charge in [-0.1, -0.05) is 0 Å². The van der Waals surface area contributed by atoms with Gasteiger partial charge in [0.1, 0.15) is 0 Å². The smallest absolute Gasteiger partial charge is 0.0334 e. The number of piperazine rings is 1. The highest BCUT2D eigenvalue weighted by molar-refractivity contribution is 7.07. The first kappa shape index (κ1) is 13.3. The Morgan fingerprint density at radius 1 is 1.35 bits per heavy atom. The molecular formula is C17H26N2S. The van der Waals surface area contributed by atoms with Gasteiger partial charge in [0.15, 0.2) is 0 Å². The topological polar surface area (TPSA) is 15.3 Å². The third-order valence-corrected chi connectivity index (χ3v) is 6.49. The molecule has 2 atom stereocenters. The second-order valence-electron chi connectivity index (χ2n) is 7.28. The van der Waals surface area contributed by atoms with Crippen LogP contribution in [0.15, 0.2) is 16.8 Å². The van der Waals surface area contributed by atoms with Gasteiger partial charge >= 0.3 is 0 Å². The van der Waals surface area contributed by atoms with Crippen LogP contribution in [-0.4, -0.2) is 36.1 Å². The summed E-state index contributed by atoms with van der Waals surface area (Å²) >= 11 is 1.83. The Labute approximate surface area is 126 Å². The Bertz CT molecular complexity index is 450. The Kier molecular flexibility index (Phi) is 3.40. The fourth-order valence-corrected chi connectivity index (χ4v) is 4.63. The summed E-state index contributed by atoms with van der Waals surface area (Å²) in [7, 11) is 0. The van der Waals surface area contributed by atoms with Crippen LogP contribution in [0.4, 0.5) is 0 Å². The molecule has 4 rings (SSSR count). The minimum atomic E-state index is 0.418. The highest BCUT2D eigenvalue weighted by atomic mass is 32.1. The summed E-state index contributed by atoms with van der Waals surface area (Å²) in [5.74, 6) is 1.92. The summed E-state index contributed by atoms with van der Waals surface area (Å²) in [4.78, 5) is 2.84. The Hall–Kier alpha value is -0.380. The van der Waals surface area contributed by atoms with Gasteiger partial charge in [-0.3, -0.25) is 4.90 Å². The van der Waals surface area contributed by atoms with Crippen LogP contribution in [0.3, 0.4) is 0 Å². The van der Waals surface area contributed by atoms with Gasteiger partial charge in [0.2, 0.25) is 0 Å². The van der Waals surface area contributed by atoms with E-state index in [4.69, 9.17) is 0 Å². The van der Waals surface area contributed by atoms with Crippen LogP contribution < -0.4 is 5.32 Å². The molecule has 2 saturated carbocycles. The van der Waals surface area contributed by atoms with Crippen molar-refractivity contribution in [2.24, 2.45) is 11.8 Å². The molecule has 1 aliphatic heterocycles. The van der Waals surface area contributed by atoms with Crippen LogP contribution in [0.1, 0.15) is 38.2 Å². The van der Waals surface area contributed by atoms with E-state index < -0.39 is 0 Å². The van der Waals surface area contributed by atoms with Crippen molar-refractivity contribution < 1.29 is 0 Å². The molecule has 3 fully saturated rings. The number of hydrogen-bond donors (Lipinski definition) is 1. The van der Waals surface area contributed by atoms with Gasteiger partial charge in [-0.25, -0.2) is 0 Å². The van der Waals surface area contributed by atoms with Gasteiger partial charge in [-0.05, 0) is 73.3 Å². The lowest BCUT2D eigenvalue weighted by Crippen LogP contribution is -2.65. The van der Waals surface area contributed by atoms with Gasteiger partial charge < -0.3 is 5.32 Å². The molecule has 2 unspecified atom stereocenters. The fraction of sp³-hybridized carbons (Fsp3) is 0.765. The van der Waals surface area contributed by atoms with Crippen LogP contribution >= 0.6 is 11.3 Å². The van der Waals surface area contributed by atoms with Crippen molar-refractivity contribution in [2.45, 2.75) is 50.6 Å². The van der Waals surface area contributed by atoms with Crippen molar-refractivity contribution in [3.63, 3.8) is 0 Å². The molecule has 2 heterocycles. The molecule has 1 aromatic heterocycles. The maximum Gasteiger partial charge on any atom is 0.0334 e. The summed E-state index contributed by atoms with van der Waals surface area (Å²) in [6, 6.07) is 3.06. The molecule has 1 saturated heterocycles. The van der Waals surface area contributed by atoms with E-state index in [1.165, 1.54) is 57.3 Å². The second kappa shape index (κ2) is 5.11. The van der Waals surface area contributed by atoms with Crippen LogP contribution in [0.2, 0.25) is 0 Å². The molecule has 0 amide bonds. The molecule has 110 valence electrons. The Morgan fingerprint density at radius 2 is 2.20 bits per heavy atom. The van der Waals surface area contributed by atoms with Gasteiger partial charge in [0, 0.05) is 31.2 Å². The van der Waals surface area contributed by atoms with Crippen LogP contribution in [0, 0.1) is 11.8 Å². The van der Waals surface area contributed by atoms with Crippen molar-refractivity contribution in [3.05, 3.63) is 22.4 Å². The highest BCUT2D eigenvalue weighted by Crippen LogP contribution is 2.45. The van der Waals surface area contributed by atoms with Crippen molar-refractivity contribution in [1.29, 1.82) is 0 Å². The summed E-state index contributed by atoms with van der Waals surface area (Å²) in [6.45, 7) is 6.24. The number of thiophene rings is 1. The van der Waals surface area contributed by atoms with Gasteiger partial charge in [-0.15, -0.1) is 0 Å². The lowest BCUT2D eigenvalue weighted by atomic mass is 9.88. The molecule has 3 heteroatoms. The SMILES string of the molecule is CC1(C2CC2)CNC(C2CC2)CN1CCc1ccsc1. The van der Waals surface area contributed by atoms with Crippen LogP contribution in [0.5, 0.6) is 0 Å². The zero-order chi connectivity index (χ0) is 13.6. The molecule has 0 aromatic carbocycles. The Morgan fingerprint density at radius 3 is 2.85 bits per heavy atom. The van der Waals surface area contributed by atoms with Crippen LogP contribution in [-0.2, 0) is 6.42 Å². The third-order valence-electron chi connectivity index (χ3n) is 5.76. The summed E-state index contributed by atoms with van der Waals surface area (Å²) < 4.78 is 0. The molecule has 1 aromatic rings. The minimum Gasteiger partial charge on any atom is -0.311 e. The standard InChI is InChI=1S/C17H26N2S/c1-17(15-4-5-15)12-18-16(14-2-3-14)10-19(17)8-6-13-7-9-20-11-13/h7,9,11,14-16,18H,2-6,8,10,12H2,1H3. The Balaban J connectivity index is 1.45. The van der Waals surface area contributed by atoms with E-state index in [-0.39, 0.29) is 0 Å². The van der Waals surface area contributed by atoms with Crippen molar-refractivity contribution in [2.75, 3.05) is 19.6 Å². The molecule has 3 aliphatic rings. The first-order valence-corrected chi connectivity index (χ1v) is 9.19.